The molecule has 2 unspecified atom stereocenters. The summed E-state index contributed by atoms with van der Waals surface area (Å²) in [4.78, 5) is 0. The first-order valence-electron chi connectivity index (χ1n) is 15.7. The van der Waals surface area contributed by atoms with Gasteiger partial charge in [-0.3, -0.25) is 0 Å². The molecule has 0 radical (unpaired) electrons. The predicted octanol–water partition coefficient (Wildman–Crippen LogP) is 12.2. The Bertz CT molecular complexity index is 1810. The van der Waals surface area contributed by atoms with Crippen molar-refractivity contribution in [2.75, 3.05) is 0 Å². The summed E-state index contributed by atoms with van der Waals surface area (Å²) in [7, 11) is 17.2. The fourth-order valence-electron chi connectivity index (χ4n) is 8.01. The second-order valence-corrected chi connectivity index (χ2v) is 56.2. The molecule has 0 bridgehead atoms. The van der Waals surface area contributed by atoms with E-state index in [-0.39, 0.29) is 7.25 Å². The molecule has 0 N–H and O–H groups in total. The van der Waals surface area contributed by atoms with E-state index in [1.165, 1.54) is 72.3 Å². The molecule has 0 aromatic heterocycles. The Morgan fingerprint density at radius 2 is 1.33 bits per heavy atom. The van der Waals surface area contributed by atoms with Gasteiger partial charge in [-0.2, -0.15) is 0 Å². The average molecular weight is 702 g/mol. The van der Waals surface area contributed by atoms with Crippen molar-refractivity contribution in [3.05, 3.63) is 129 Å². The maximum atomic E-state index is 8.59. The summed E-state index contributed by atoms with van der Waals surface area (Å²) in [5, 5.41) is 0. The SMILES string of the molecule is CC1=Cc2c(-c3ccccc3)cc(C)cc2[CH]1[Zr]([Cl])([Cl])([CH]1C(C(C)C)=Cc2c(-c3cc(C)ccc3C)cccc21)[SiH](C)C. The Labute approximate surface area is 267 Å². The molecule has 0 heterocycles. The normalized spacial score (nSPS) is 18.7. The van der Waals surface area contributed by atoms with Gasteiger partial charge in [0.15, 0.2) is 0 Å². The summed E-state index contributed by atoms with van der Waals surface area (Å²) in [5.74, 6) is -1.26. The summed E-state index contributed by atoms with van der Waals surface area (Å²) >= 11 is -4.79. The zero-order valence-corrected chi connectivity index (χ0v) is 31.9. The summed E-state index contributed by atoms with van der Waals surface area (Å²) in [5.41, 5.74) is 17.1. The van der Waals surface area contributed by atoms with Crippen molar-refractivity contribution < 1.29 is 15.6 Å². The number of hydrogen-bond donors (Lipinski definition) is 0. The summed E-state index contributed by atoms with van der Waals surface area (Å²) in [6, 6.07) is 29.2. The molecule has 0 saturated carbocycles. The van der Waals surface area contributed by atoms with E-state index in [1.54, 1.807) is 0 Å². The van der Waals surface area contributed by atoms with Gasteiger partial charge in [0, 0.05) is 0 Å². The van der Waals surface area contributed by atoms with Crippen LogP contribution < -0.4 is 0 Å². The Hall–Kier alpha value is -1.96. The minimum atomic E-state index is -4.79. The summed E-state index contributed by atoms with van der Waals surface area (Å²) < 4.78 is 0.188. The molecule has 0 amide bonds. The van der Waals surface area contributed by atoms with Gasteiger partial charge >= 0.3 is 270 Å². The number of rotatable bonds is 6. The first-order valence-corrected chi connectivity index (χ1v) is 32.0. The van der Waals surface area contributed by atoms with Gasteiger partial charge < -0.3 is 0 Å². The number of fused-ring (bicyclic) bond motifs is 2. The molecule has 0 spiro atoms. The number of allylic oxidation sites excluding steroid dienone is 2. The number of aryl methyl sites for hydroxylation is 3. The second-order valence-electron chi connectivity index (χ2n) is 13.7. The van der Waals surface area contributed by atoms with Crippen molar-refractivity contribution in [1.82, 2.24) is 0 Å². The van der Waals surface area contributed by atoms with Crippen LogP contribution in [0.25, 0.3) is 34.4 Å². The van der Waals surface area contributed by atoms with Crippen LogP contribution in [0.5, 0.6) is 0 Å². The van der Waals surface area contributed by atoms with Gasteiger partial charge in [-0.1, -0.05) is 0 Å². The van der Waals surface area contributed by atoms with Crippen molar-refractivity contribution in [2.45, 2.75) is 61.9 Å². The van der Waals surface area contributed by atoms with E-state index in [1.807, 2.05) is 0 Å². The fourth-order valence-corrected chi connectivity index (χ4v) is 40.2. The monoisotopic (exact) mass is 699 g/mol. The van der Waals surface area contributed by atoms with E-state index in [0.29, 0.717) is 5.92 Å². The molecule has 0 saturated heterocycles. The van der Waals surface area contributed by atoms with E-state index >= 15 is 0 Å². The molecule has 43 heavy (non-hydrogen) atoms. The van der Waals surface area contributed by atoms with Crippen molar-refractivity contribution >= 4 is 35.1 Å². The summed E-state index contributed by atoms with van der Waals surface area (Å²) in [6.45, 7) is 18.5. The minimum absolute atomic E-state index is 0.0938. The van der Waals surface area contributed by atoms with Crippen molar-refractivity contribution in [3.8, 4) is 22.3 Å². The molecule has 0 aliphatic heterocycles. The van der Waals surface area contributed by atoms with E-state index in [9.17, 15) is 0 Å². The number of hydrogen-bond acceptors (Lipinski definition) is 0. The third-order valence-corrected chi connectivity index (χ3v) is 62.2. The van der Waals surface area contributed by atoms with E-state index < -0.39 is 21.5 Å². The first kappa shape index (κ1) is 31.0. The number of benzene rings is 4. The molecule has 221 valence electrons. The van der Waals surface area contributed by atoms with E-state index in [2.05, 4.69) is 146 Å². The van der Waals surface area contributed by atoms with Crippen LogP contribution in [0.4, 0.5) is 0 Å². The van der Waals surface area contributed by atoms with Crippen molar-refractivity contribution in [1.29, 1.82) is 0 Å². The fraction of sp³-hybridized carbons (Fsp3) is 0.282. The zero-order chi connectivity index (χ0) is 30.9. The topological polar surface area (TPSA) is 0 Å². The van der Waals surface area contributed by atoms with E-state index in [0.717, 1.165) is 0 Å². The summed E-state index contributed by atoms with van der Waals surface area (Å²) in [6.07, 6.45) is 4.90. The van der Waals surface area contributed by atoms with Gasteiger partial charge in [0.05, 0.1) is 0 Å². The third kappa shape index (κ3) is 4.87. The van der Waals surface area contributed by atoms with Gasteiger partial charge in [-0.25, -0.2) is 0 Å². The Morgan fingerprint density at radius 1 is 0.651 bits per heavy atom. The molecule has 2 aliphatic rings. The van der Waals surface area contributed by atoms with Crippen molar-refractivity contribution in [3.63, 3.8) is 0 Å². The van der Waals surface area contributed by atoms with Gasteiger partial charge in [0.2, 0.25) is 0 Å². The number of halogens is 2. The van der Waals surface area contributed by atoms with Crippen LogP contribution in [0.2, 0.25) is 13.1 Å². The quantitative estimate of drug-likeness (QED) is 0.176. The average Bonchev–Trinajstić information content (AvgIpc) is 3.53. The molecule has 2 aliphatic carbocycles. The van der Waals surface area contributed by atoms with E-state index in [4.69, 9.17) is 17.0 Å². The van der Waals surface area contributed by atoms with Crippen LogP contribution in [0, 0.1) is 26.7 Å². The molecule has 4 aromatic carbocycles. The standard InChI is InChI=1S/C20H21.C17H15.C2H7Si.2ClH.Zr/c1-13(2)17-11-16-6-5-7-18(20(16)12-17)19-10-14(3)8-9-15(19)4;1-12-8-15-9-13(2)11-17(15)16(10-12)14-6-4-3-5-7-14;1-3-2;;;/h5-13H,1-4H3;3-11H,1-2H3;3H,1-2H3;2*1H;/q;;;;;+2/p-2. The van der Waals surface area contributed by atoms with Gasteiger partial charge in [-0.05, 0) is 0 Å². The Morgan fingerprint density at radius 3 is 2.00 bits per heavy atom. The Kier molecular flexibility index (Phi) is 8.04. The molecule has 6 rings (SSSR count). The molecular weight excluding hydrogens is 659 g/mol. The third-order valence-electron chi connectivity index (χ3n) is 10.2. The van der Waals surface area contributed by atoms with Gasteiger partial charge in [0.25, 0.3) is 0 Å². The Balaban J connectivity index is 1.62. The van der Waals surface area contributed by atoms with Crippen LogP contribution in [0.15, 0.2) is 90.0 Å². The van der Waals surface area contributed by atoms with Gasteiger partial charge in [-0.15, -0.1) is 0 Å². The first-order chi connectivity index (χ1) is 20.3. The zero-order valence-electron chi connectivity index (χ0n) is 26.7. The molecular formula is C39H43Cl2SiZr. The molecule has 4 heteroatoms. The molecule has 4 aromatic rings. The van der Waals surface area contributed by atoms with Crippen LogP contribution in [0.3, 0.4) is 0 Å². The maximum absolute atomic E-state index is 8.59. The van der Waals surface area contributed by atoms with Gasteiger partial charge in [0.1, 0.15) is 0 Å². The predicted molar refractivity (Wildman–Crippen MR) is 190 cm³/mol. The van der Waals surface area contributed by atoms with Crippen LogP contribution >= 0.6 is 17.0 Å². The van der Waals surface area contributed by atoms with Crippen molar-refractivity contribution in [2.24, 2.45) is 5.92 Å². The molecule has 2 atom stereocenters. The second kappa shape index (κ2) is 11.1. The molecule has 0 fully saturated rings. The molecule has 0 nitrogen and oxygen atoms in total. The van der Waals surface area contributed by atoms with Crippen LogP contribution in [-0.4, -0.2) is 5.92 Å². The van der Waals surface area contributed by atoms with Crippen LogP contribution in [-0.2, 0) is 15.6 Å². The van der Waals surface area contributed by atoms with Crippen LogP contribution in [0.1, 0.15) is 67.0 Å².